The first-order valence-corrected chi connectivity index (χ1v) is 8.46. The lowest BCUT2D eigenvalue weighted by Crippen LogP contribution is -2.41. The summed E-state index contributed by atoms with van der Waals surface area (Å²) in [6.07, 6.45) is 1.67. The normalized spacial score (nSPS) is 24.2. The lowest BCUT2D eigenvalue weighted by molar-refractivity contribution is -0.120. The number of urea groups is 1. The van der Waals surface area contributed by atoms with Gasteiger partial charge < -0.3 is 4.90 Å². The third-order valence-electron chi connectivity index (χ3n) is 4.45. The van der Waals surface area contributed by atoms with Crippen LogP contribution in [0.15, 0.2) is 30.3 Å². The minimum Gasteiger partial charge on any atom is -0.312 e. The van der Waals surface area contributed by atoms with Crippen molar-refractivity contribution in [3.05, 3.63) is 30.3 Å². The van der Waals surface area contributed by atoms with Gasteiger partial charge in [-0.1, -0.05) is 37.3 Å². The summed E-state index contributed by atoms with van der Waals surface area (Å²) < 4.78 is 4.30. The van der Waals surface area contributed by atoms with Crippen molar-refractivity contribution in [3.63, 3.8) is 0 Å². The molecule has 2 fully saturated rings. The topological polar surface area (TPSA) is 66.4 Å². The second-order valence-electron chi connectivity index (χ2n) is 6.06. The van der Waals surface area contributed by atoms with Crippen LogP contribution in [-0.2, 0) is 4.79 Å². The van der Waals surface area contributed by atoms with Gasteiger partial charge in [-0.15, -0.1) is 0 Å². The molecule has 0 bridgehead atoms. The third kappa shape index (κ3) is 2.31. The average molecular weight is 328 g/mol. The molecule has 2 aromatic rings. The zero-order valence-corrected chi connectivity index (χ0v) is 13.5. The van der Waals surface area contributed by atoms with Crippen molar-refractivity contribution in [1.82, 2.24) is 14.3 Å². The maximum Gasteiger partial charge on any atom is 0.334 e. The zero-order valence-electron chi connectivity index (χ0n) is 12.7. The summed E-state index contributed by atoms with van der Waals surface area (Å²) in [6.45, 7) is 2.76. The average Bonchev–Trinajstić information content (AvgIpc) is 3.13. The van der Waals surface area contributed by atoms with Crippen LogP contribution < -0.4 is 4.90 Å². The highest BCUT2D eigenvalue weighted by molar-refractivity contribution is 7.10. The molecular formula is C16H16N4O2S. The number of fused-ring (bicyclic) bond motifs is 1. The molecule has 1 aromatic heterocycles. The first-order chi connectivity index (χ1) is 11.1. The fourth-order valence-electron chi connectivity index (χ4n) is 3.16. The molecule has 0 radical (unpaired) electrons. The number of imide groups is 1. The number of piperidine rings is 1. The maximum atomic E-state index is 12.6. The fraction of sp³-hybridized carbons (Fsp3) is 0.375. The van der Waals surface area contributed by atoms with Crippen LogP contribution in [0.3, 0.4) is 0 Å². The van der Waals surface area contributed by atoms with Crippen LogP contribution in [-0.4, -0.2) is 38.8 Å². The Labute approximate surface area is 137 Å². The molecule has 4 rings (SSSR count). The van der Waals surface area contributed by atoms with Gasteiger partial charge in [0.15, 0.2) is 5.82 Å². The van der Waals surface area contributed by atoms with Crippen molar-refractivity contribution in [2.45, 2.75) is 25.8 Å². The van der Waals surface area contributed by atoms with Crippen LogP contribution in [0.25, 0.3) is 11.4 Å². The Morgan fingerprint density at radius 2 is 2.00 bits per heavy atom. The van der Waals surface area contributed by atoms with Gasteiger partial charge in [-0.2, -0.15) is 9.36 Å². The molecule has 0 saturated carbocycles. The number of anilines is 1. The molecule has 3 amide bonds. The number of benzene rings is 1. The molecule has 23 heavy (non-hydrogen) atoms. The number of nitrogens with zero attached hydrogens (tertiary/aromatic N) is 4. The molecule has 3 heterocycles. The Kier molecular flexibility index (Phi) is 3.37. The minimum atomic E-state index is -0.338. The van der Waals surface area contributed by atoms with Crippen LogP contribution in [0.4, 0.5) is 9.93 Å². The number of carbonyl (C=O) groups excluding carboxylic acids is 2. The van der Waals surface area contributed by atoms with Gasteiger partial charge in [0.2, 0.25) is 5.13 Å². The van der Waals surface area contributed by atoms with Gasteiger partial charge in [0.05, 0.1) is 0 Å². The monoisotopic (exact) mass is 328 g/mol. The van der Waals surface area contributed by atoms with Gasteiger partial charge in [-0.05, 0) is 18.8 Å². The van der Waals surface area contributed by atoms with Crippen molar-refractivity contribution in [1.29, 1.82) is 0 Å². The number of hydrogen-bond donors (Lipinski definition) is 0. The molecule has 1 aromatic carbocycles. The summed E-state index contributed by atoms with van der Waals surface area (Å²) in [5.41, 5.74) is 0.875. The van der Waals surface area contributed by atoms with Gasteiger partial charge in [0.1, 0.15) is 6.04 Å². The SMILES string of the molecule is C[C@H]1CCN2C(=O)N(c3nc(-c4ccccc4)ns3)C(=O)[C@H]2C1. The summed E-state index contributed by atoms with van der Waals surface area (Å²) in [5, 5.41) is 0.362. The van der Waals surface area contributed by atoms with Gasteiger partial charge in [-0.25, -0.2) is 9.69 Å². The lowest BCUT2D eigenvalue weighted by Gasteiger charge is -2.30. The van der Waals surface area contributed by atoms with E-state index in [1.165, 1.54) is 4.90 Å². The second-order valence-corrected chi connectivity index (χ2v) is 6.79. The highest BCUT2D eigenvalue weighted by atomic mass is 32.1. The van der Waals surface area contributed by atoms with E-state index in [1.807, 2.05) is 30.3 Å². The minimum absolute atomic E-state index is 0.169. The van der Waals surface area contributed by atoms with Crippen LogP contribution in [0.1, 0.15) is 19.8 Å². The first-order valence-electron chi connectivity index (χ1n) is 7.69. The molecule has 0 aliphatic carbocycles. The first kappa shape index (κ1) is 14.3. The van der Waals surface area contributed by atoms with Crippen LogP contribution in [0.5, 0.6) is 0 Å². The van der Waals surface area contributed by atoms with E-state index in [1.54, 1.807) is 4.90 Å². The highest BCUT2D eigenvalue weighted by Crippen LogP contribution is 2.34. The number of carbonyl (C=O) groups is 2. The molecule has 0 spiro atoms. The smallest absolute Gasteiger partial charge is 0.312 e. The van der Waals surface area contributed by atoms with Gasteiger partial charge in [0, 0.05) is 23.6 Å². The van der Waals surface area contributed by atoms with Crippen molar-refractivity contribution in [3.8, 4) is 11.4 Å². The Hall–Kier alpha value is -2.28. The largest absolute Gasteiger partial charge is 0.334 e. The van der Waals surface area contributed by atoms with Crippen LogP contribution in [0, 0.1) is 5.92 Å². The van der Waals surface area contributed by atoms with Crippen molar-refractivity contribution in [2.24, 2.45) is 5.92 Å². The third-order valence-corrected chi connectivity index (χ3v) is 5.15. The predicted molar refractivity (Wildman–Crippen MR) is 87.1 cm³/mol. The quantitative estimate of drug-likeness (QED) is 0.795. The van der Waals surface area contributed by atoms with Crippen molar-refractivity contribution >= 4 is 28.6 Å². The Balaban J connectivity index is 1.65. The van der Waals surface area contributed by atoms with Crippen LogP contribution >= 0.6 is 11.5 Å². The summed E-state index contributed by atoms with van der Waals surface area (Å²) >= 11 is 1.09. The summed E-state index contributed by atoms with van der Waals surface area (Å²) in [4.78, 5) is 32.5. The molecule has 0 unspecified atom stereocenters. The van der Waals surface area contributed by atoms with E-state index in [0.29, 0.717) is 23.4 Å². The van der Waals surface area contributed by atoms with E-state index in [-0.39, 0.29) is 18.0 Å². The van der Waals surface area contributed by atoms with Gasteiger partial charge in [-0.3, -0.25) is 4.79 Å². The number of hydrogen-bond acceptors (Lipinski definition) is 5. The van der Waals surface area contributed by atoms with Gasteiger partial charge in [0.25, 0.3) is 5.91 Å². The Morgan fingerprint density at radius 3 is 2.78 bits per heavy atom. The molecule has 2 saturated heterocycles. The molecule has 2 atom stereocenters. The number of rotatable bonds is 2. The Bertz CT molecular complexity index is 760. The molecule has 2 aliphatic heterocycles. The standard InChI is InChI=1S/C16H16N4O2S/c1-10-7-8-19-12(9-10)14(21)20(16(19)22)15-17-13(18-23-15)11-5-3-2-4-6-11/h2-6,10,12H,7-9H2,1H3/t10-,12+/m0/s1. The molecule has 6 nitrogen and oxygen atoms in total. The zero-order chi connectivity index (χ0) is 16.0. The van der Waals surface area contributed by atoms with E-state index >= 15 is 0 Å². The van der Waals surface area contributed by atoms with E-state index in [4.69, 9.17) is 0 Å². The van der Waals surface area contributed by atoms with E-state index in [9.17, 15) is 9.59 Å². The van der Waals surface area contributed by atoms with E-state index in [0.717, 1.165) is 29.9 Å². The van der Waals surface area contributed by atoms with Crippen molar-refractivity contribution in [2.75, 3.05) is 11.4 Å². The second kappa shape index (κ2) is 5.42. The number of aromatic nitrogens is 2. The Morgan fingerprint density at radius 1 is 1.22 bits per heavy atom. The van der Waals surface area contributed by atoms with E-state index < -0.39 is 0 Å². The van der Waals surface area contributed by atoms with Crippen molar-refractivity contribution < 1.29 is 9.59 Å². The molecule has 118 valence electrons. The number of amides is 3. The van der Waals surface area contributed by atoms with E-state index in [2.05, 4.69) is 16.3 Å². The lowest BCUT2D eigenvalue weighted by atomic mass is 9.93. The highest BCUT2D eigenvalue weighted by Gasteiger charge is 2.49. The van der Waals surface area contributed by atoms with Gasteiger partial charge >= 0.3 is 6.03 Å². The summed E-state index contributed by atoms with van der Waals surface area (Å²) in [5.74, 6) is 0.837. The molecule has 0 N–H and O–H groups in total. The predicted octanol–water partition coefficient (Wildman–Crippen LogP) is 2.77. The molecular weight excluding hydrogens is 312 g/mol. The summed E-state index contributed by atoms with van der Waals surface area (Å²) in [6, 6.07) is 8.95. The molecule has 7 heteroatoms. The maximum absolute atomic E-state index is 12.6. The fourth-order valence-corrected chi connectivity index (χ4v) is 3.85. The summed E-state index contributed by atoms with van der Waals surface area (Å²) in [7, 11) is 0. The molecule has 2 aliphatic rings. The van der Waals surface area contributed by atoms with Crippen LogP contribution in [0.2, 0.25) is 0 Å².